The molecule has 2 aliphatic rings. The summed E-state index contributed by atoms with van der Waals surface area (Å²) in [5, 5.41) is 3.68. The molecule has 1 saturated carbocycles. The first kappa shape index (κ1) is 9.47. The summed E-state index contributed by atoms with van der Waals surface area (Å²) in [4.78, 5) is 0. The lowest BCUT2D eigenvalue weighted by Gasteiger charge is -2.41. The molecule has 1 heterocycles. The van der Waals surface area contributed by atoms with Gasteiger partial charge in [-0.2, -0.15) is 0 Å². The highest BCUT2D eigenvalue weighted by Gasteiger charge is 2.34. The van der Waals surface area contributed by atoms with Crippen LogP contribution in [0, 0.1) is 11.8 Å². The molecule has 2 rings (SSSR count). The number of hydrogen-bond acceptors (Lipinski definition) is 2. The Hall–Kier alpha value is -0.0800. The minimum absolute atomic E-state index is 0.766. The predicted molar refractivity (Wildman–Crippen MR) is 53.7 cm³/mol. The van der Waals surface area contributed by atoms with E-state index in [1.165, 1.54) is 38.6 Å². The van der Waals surface area contributed by atoms with E-state index in [-0.39, 0.29) is 0 Å². The lowest BCUT2D eigenvalue weighted by Crippen LogP contribution is -2.49. The van der Waals surface area contributed by atoms with E-state index in [9.17, 15) is 0 Å². The van der Waals surface area contributed by atoms with Crippen LogP contribution in [0.5, 0.6) is 0 Å². The Morgan fingerprint density at radius 3 is 2.69 bits per heavy atom. The minimum atomic E-state index is 0.766. The molecule has 0 bridgehead atoms. The van der Waals surface area contributed by atoms with Crippen molar-refractivity contribution in [3.8, 4) is 0 Å². The molecule has 2 atom stereocenters. The number of rotatable bonds is 3. The summed E-state index contributed by atoms with van der Waals surface area (Å²) >= 11 is 0. The van der Waals surface area contributed by atoms with Gasteiger partial charge in [0.05, 0.1) is 6.61 Å². The molecule has 1 aliphatic carbocycles. The van der Waals surface area contributed by atoms with Crippen molar-refractivity contribution in [1.29, 1.82) is 0 Å². The number of hydrogen-bond donors (Lipinski definition) is 1. The van der Waals surface area contributed by atoms with E-state index in [1.54, 1.807) is 0 Å². The van der Waals surface area contributed by atoms with Crippen LogP contribution in [0.1, 0.15) is 32.1 Å². The van der Waals surface area contributed by atoms with Gasteiger partial charge in [0, 0.05) is 13.2 Å². The molecule has 2 heteroatoms. The predicted octanol–water partition coefficient (Wildman–Crippen LogP) is 1.80. The van der Waals surface area contributed by atoms with Crippen molar-refractivity contribution < 1.29 is 4.74 Å². The summed E-state index contributed by atoms with van der Waals surface area (Å²) in [6.45, 7) is 2.18. The summed E-state index contributed by atoms with van der Waals surface area (Å²) in [5.74, 6) is 1.74. The summed E-state index contributed by atoms with van der Waals surface area (Å²) in [7, 11) is 1.83. The van der Waals surface area contributed by atoms with Gasteiger partial charge in [0.15, 0.2) is 0 Å². The normalized spacial score (nSPS) is 35.8. The second-order valence-electron chi connectivity index (χ2n) is 4.53. The van der Waals surface area contributed by atoms with Crippen LogP contribution in [0.4, 0.5) is 0 Å². The van der Waals surface area contributed by atoms with Gasteiger partial charge < -0.3 is 10.1 Å². The van der Waals surface area contributed by atoms with Crippen LogP contribution in [0.25, 0.3) is 0 Å². The molecular formula is C11H21NO. The van der Waals surface area contributed by atoms with Crippen LogP contribution < -0.4 is 5.32 Å². The van der Waals surface area contributed by atoms with Gasteiger partial charge in [-0.15, -0.1) is 0 Å². The van der Waals surface area contributed by atoms with E-state index < -0.39 is 0 Å². The monoisotopic (exact) mass is 183 g/mol. The summed E-state index contributed by atoms with van der Waals surface area (Å²) < 4.78 is 5.29. The van der Waals surface area contributed by atoms with Gasteiger partial charge in [-0.1, -0.05) is 6.42 Å². The van der Waals surface area contributed by atoms with Gasteiger partial charge in [-0.3, -0.25) is 0 Å². The van der Waals surface area contributed by atoms with Gasteiger partial charge >= 0.3 is 0 Å². The first-order valence-corrected chi connectivity index (χ1v) is 5.64. The lowest BCUT2D eigenvalue weighted by atomic mass is 9.73. The smallest absolute Gasteiger partial charge is 0.0505 e. The van der Waals surface area contributed by atoms with E-state index in [2.05, 4.69) is 5.32 Å². The quantitative estimate of drug-likeness (QED) is 0.720. The number of ether oxygens (including phenoxy) is 1. The molecule has 0 radical (unpaired) electrons. The summed E-state index contributed by atoms with van der Waals surface area (Å²) in [6.07, 6.45) is 7.03. The van der Waals surface area contributed by atoms with Crippen molar-refractivity contribution in [3.63, 3.8) is 0 Å². The SMILES string of the molecule is COCC1CCCNC1C1CCC1. The number of nitrogens with one attached hydrogen (secondary N) is 1. The molecule has 0 aromatic rings. The maximum atomic E-state index is 5.29. The fraction of sp³-hybridized carbons (Fsp3) is 1.00. The number of piperidine rings is 1. The van der Waals surface area contributed by atoms with Crippen molar-refractivity contribution >= 4 is 0 Å². The highest BCUT2D eigenvalue weighted by atomic mass is 16.5. The Labute approximate surface area is 81.0 Å². The molecule has 1 saturated heterocycles. The molecule has 2 unspecified atom stereocenters. The highest BCUT2D eigenvalue weighted by molar-refractivity contribution is 4.90. The topological polar surface area (TPSA) is 21.3 Å². The van der Waals surface area contributed by atoms with Crippen LogP contribution in [0.3, 0.4) is 0 Å². The zero-order valence-corrected chi connectivity index (χ0v) is 8.59. The molecule has 0 aromatic heterocycles. The minimum Gasteiger partial charge on any atom is -0.384 e. The largest absolute Gasteiger partial charge is 0.384 e. The average Bonchev–Trinajstić information content (AvgIpc) is 2.05. The molecule has 76 valence electrons. The zero-order valence-electron chi connectivity index (χ0n) is 8.59. The van der Waals surface area contributed by atoms with Crippen LogP contribution >= 0.6 is 0 Å². The van der Waals surface area contributed by atoms with Crippen molar-refractivity contribution in [1.82, 2.24) is 5.32 Å². The Morgan fingerprint density at radius 1 is 1.23 bits per heavy atom. The van der Waals surface area contributed by atoms with E-state index in [0.29, 0.717) is 0 Å². The molecule has 2 fully saturated rings. The van der Waals surface area contributed by atoms with Crippen LogP contribution in [-0.4, -0.2) is 26.3 Å². The average molecular weight is 183 g/mol. The van der Waals surface area contributed by atoms with E-state index >= 15 is 0 Å². The Kier molecular flexibility index (Phi) is 3.23. The third-order valence-corrected chi connectivity index (χ3v) is 3.68. The first-order valence-electron chi connectivity index (χ1n) is 5.64. The standard InChI is InChI=1S/C11H21NO/c1-13-8-10-6-3-7-12-11(10)9-4-2-5-9/h9-12H,2-8H2,1H3. The Morgan fingerprint density at radius 2 is 2.08 bits per heavy atom. The lowest BCUT2D eigenvalue weighted by molar-refractivity contribution is 0.0705. The Bertz CT molecular complexity index is 154. The molecule has 1 N–H and O–H groups in total. The van der Waals surface area contributed by atoms with Crippen molar-refractivity contribution in [2.75, 3.05) is 20.3 Å². The molecule has 0 amide bonds. The zero-order chi connectivity index (χ0) is 9.10. The number of methoxy groups -OCH3 is 1. The van der Waals surface area contributed by atoms with Crippen LogP contribution in [0.2, 0.25) is 0 Å². The van der Waals surface area contributed by atoms with E-state index in [0.717, 1.165) is 24.5 Å². The molecule has 13 heavy (non-hydrogen) atoms. The second kappa shape index (κ2) is 4.43. The van der Waals surface area contributed by atoms with Crippen LogP contribution in [-0.2, 0) is 4.74 Å². The fourth-order valence-corrected chi connectivity index (χ4v) is 2.73. The van der Waals surface area contributed by atoms with Gasteiger partial charge in [0.2, 0.25) is 0 Å². The van der Waals surface area contributed by atoms with Crippen molar-refractivity contribution in [3.05, 3.63) is 0 Å². The molecule has 0 spiro atoms. The van der Waals surface area contributed by atoms with Gasteiger partial charge in [0.25, 0.3) is 0 Å². The van der Waals surface area contributed by atoms with E-state index in [4.69, 9.17) is 4.74 Å². The summed E-state index contributed by atoms with van der Waals surface area (Å²) in [5.41, 5.74) is 0. The van der Waals surface area contributed by atoms with Gasteiger partial charge in [-0.05, 0) is 44.1 Å². The third-order valence-electron chi connectivity index (χ3n) is 3.68. The molecule has 1 aliphatic heterocycles. The van der Waals surface area contributed by atoms with Gasteiger partial charge in [0.1, 0.15) is 0 Å². The summed E-state index contributed by atoms with van der Waals surface area (Å²) in [6, 6.07) is 0.766. The Balaban J connectivity index is 1.87. The highest BCUT2D eigenvalue weighted by Crippen LogP contribution is 2.35. The third kappa shape index (κ3) is 2.05. The molecular weight excluding hydrogens is 162 g/mol. The second-order valence-corrected chi connectivity index (χ2v) is 4.53. The molecule has 0 aromatic carbocycles. The van der Waals surface area contributed by atoms with Gasteiger partial charge in [-0.25, -0.2) is 0 Å². The van der Waals surface area contributed by atoms with Crippen molar-refractivity contribution in [2.24, 2.45) is 11.8 Å². The maximum Gasteiger partial charge on any atom is 0.0505 e. The van der Waals surface area contributed by atoms with Crippen LogP contribution in [0.15, 0.2) is 0 Å². The maximum absolute atomic E-state index is 5.29. The molecule has 2 nitrogen and oxygen atoms in total. The van der Waals surface area contributed by atoms with E-state index in [1.807, 2.05) is 7.11 Å². The fourth-order valence-electron chi connectivity index (χ4n) is 2.73. The first-order chi connectivity index (χ1) is 6.42. The van der Waals surface area contributed by atoms with Crippen molar-refractivity contribution in [2.45, 2.75) is 38.1 Å².